The van der Waals surface area contributed by atoms with E-state index in [1.807, 2.05) is 25.1 Å². The standard InChI is InChI=1S/C12H14BrNO2/c1-8-7-9(13)3-4-10(8)16-11-5-6-14(2)12(11)15/h3-4,7,11H,5-6H2,1-2H3. The lowest BCUT2D eigenvalue weighted by molar-refractivity contribution is -0.132. The Labute approximate surface area is 104 Å². The van der Waals surface area contributed by atoms with E-state index in [1.165, 1.54) is 0 Å². The van der Waals surface area contributed by atoms with Gasteiger partial charge in [-0.15, -0.1) is 0 Å². The maximum absolute atomic E-state index is 11.7. The van der Waals surface area contributed by atoms with Crippen molar-refractivity contribution in [3.8, 4) is 5.75 Å². The summed E-state index contributed by atoms with van der Waals surface area (Å²) in [6, 6.07) is 5.80. The molecule has 1 heterocycles. The van der Waals surface area contributed by atoms with Gasteiger partial charge in [0.1, 0.15) is 5.75 Å². The Balaban J connectivity index is 2.12. The molecule has 3 nitrogen and oxygen atoms in total. The third kappa shape index (κ3) is 2.21. The summed E-state index contributed by atoms with van der Waals surface area (Å²) in [6.07, 6.45) is 0.454. The molecule has 0 spiro atoms. The lowest BCUT2D eigenvalue weighted by Gasteiger charge is -2.14. The SMILES string of the molecule is Cc1cc(Br)ccc1OC1CCN(C)C1=O. The number of benzene rings is 1. The van der Waals surface area contributed by atoms with Gasteiger partial charge in [0.2, 0.25) is 0 Å². The number of hydrogen-bond acceptors (Lipinski definition) is 2. The predicted molar refractivity (Wildman–Crippen MR) is 65.5 cm³/mol. The van der Waals surface area contributed by atoms with Crippen molar-refractivity contribution in [1.29, 1.82) is 0 Å². The molecule has 0 aromatic heterocycles. The van der Waals surface area contributed by atoms with Gasteiger partial charge in [-0.3, -0.25) is 4.79 Å². The van der Waals surface area contributed by atoms with E-state index in [0.717, 1.165) is 28.8 Å². The molecule has 1 amide bonds. The number of carbonyl (C=O) groups excluding carboxylic acids is 1. The van der Waals surface area contributed by atoms with Gasteiger partial charge in [-0.25, -0.2) is 0 Å². The summed E-state index contributed by atoms with van der Waals surface area (Å²) >= 11 is 3.40. The number of likely N-dealkylation sites (tertiary alicyclic amines) is 1. The van der Waals surface area contributed by atoms with E-state index < -0.39 is 0 Å². The molecule has 1 aromatic rings. The average Bonchev–Trinajstić information content (AvgIpc) is 2.54. The van der Waals surface area contributed by atoms with Crippen LogP contribution in [0.1, 0.15) is 12.0 Å². The first kappa shape index (κ1) is 11.5. The molecule has 1 aliphatic heterocycles. The van der Waals surface area contributed by atoms with Crippen molar-refractivity contribution in [1.82, 2.24) is 4.90 Å². The minimum absolute atomic E-state index is 0.0716. The van der Waals surface area contributed by atoms with Crippen LogP contribution in [0.4, 0.5) is 0 Å². The number of halogens is 1. The molecule has 4 heteroatoms. The molecule has 16 heavy (non-hydrogen) atoms. The second-order valence-electron chi connectivity index (χ2n) is 4.06. The highest BCUT2D eigenvalue weighted by Gasteiger charge is 2.30. The molecule has 1 unspecified atom stereocenters. The second kappa shape index (κ2) is 4.45. The Morgan fingerprint density at radius 3 is 2.81 bits per heavy atom. The topological polar surface area (TPSA) is 29.5 Å². The van der Waals surface area contributed by atoms with E-state index in [0.29, 0.717) is 0 Å². The number of nitrogens with zero attached hydrogens (tertiary/aromatic N) is 1. The fourth-order valence-electron chi connectivity index (χ4n) is 1.80. The molecule has 1 saturated heterocycles. The van der Waals surface area contributed by atoms with Gasteiger partial charge >= 0.3 is 0 Å². The first-order valence-corrected chi connectivity index (χ1v) is 6.05. The smallest absolute Gasteiger partial charge is 0.263 e. The summed E-state index contributed by atoms with van der Waals surface area (Å²) in [5.74, 6) is 0.860. The van der Waals surface area contributed by atoms with Crippen molar-refractivity contribution in [2.24, 2.45) is 0 Å². The Morgan fingerprint density at radius 2 is 2.25 bits per heavy atom. The minimum atomic E-state index is -0.315. The van der Waals surface area contributed by atoms with E-state index in [4.69, 9.17) is 4.74 Å². The summed E-state index contributed by atoms with van der Waals surface area (Å²) in [7, 11) is 1.81. The molecule has 0 N–H and O–H groups in total. The molecule has 0 saturated carbocycles. The van der Waals surface area contributed by atoms with Gasteiger partial charge in [-0.05, 0) is 30.7 Å². The van der Waals surface area contributed by atoms with Gasteiger partial charge in [-0.2, -0.15) is 0 Å². The minimum Gasteiger partial charge on any atom is -0.480 e. The normalized spacial score (nSPS) is 20.3. The van der Waals surface area contributed by atoms with Gasteiger partial charge in [0, 0.05) is 24.5 Å². The first-order valence-electron chi connectivity index (χ1n) is 5.25. The Bertz CT molecular complexity index is 419. The van der Waals surface area contributed by atoms with Crippen LogP contribution in [0, 0.1) is 6.92 Å². The van der Waals surface area contributed by atoms with E-state index >= 15 is 0 Å². The van der Waals surface area contributed by atoms with Crippen molar-refractivity contribution >= 4 is 21.8 Å². The van der Waals surface area contributed by atoms with Gasteiger partial charge in [-0.1, -0.05) is 15.9 Å². The average molecular weight is 284 g/mol. The Hall–Kier alpha value is -1.03. The van der Waals surface area contributed by atoms with Gasteiger partial charge in [0.15, 0.2) is 6.10 Å². The number of hydrogen-bond donors (Lipinski definition) is 0. The molecular weight excluding hydrogens is 270 g/mol. The maximum Gasteiger partial charge on any atom is 0.263 e. The highest BCUT2D eigenvalue weighted by atomic mass is 79.9. The summed E-state index contributed by atoms with van der Waals surface area (Å²) in [4.78, 5) is 13.4. The predicted octanol–water partition coefficient (Wildman–Crippen LogP) is 2.37. The van der Waals surface area contributed by atoms with Crippen LogP contribution in [0.3, 0.4) is 0 Å². The van der Waals surface area contributed by atoms with Gasteiger partial charge in [0.05, 0.1) is 0 Å². The Kier molecular flexibility index (Phi) is 3.19. The zero-order valence-corrected chi connectivity index (χ0v) is 11.0. The lowest BCUT2D eigenvalue weighted by Crippen LogP contribution is -2.29. The molecule has 0 radical (unpaired) electrons. The van der Waals surface area contributed by atoms with Crippen molar-refractivity contribution in [3.63, 3.8) is 0 Å². The maximum atomic E-state index is 11.7. The van der Waals surface area contributed by atoms with Crippen molar-refractivity contribution in [2.75, 3.05) is 13.6 Å². The molecule has 1 aliphatic rings. The van der Waals surface area contributed by atoms with Crippen LogP contribution in [0.25, 0.3) is 0 Å². The van der Waals surface area contributed by atoms with Crippen LogP contribution in [0.5, 0.6) is 5.75 Å². The number of rotatable bonds is 2. The summed E-state index contributed by atoms with van der Waals surface area (Å²) in [5.41, 5.74) is 1.04. The van der Waals surface area contributed by atoms with Crippen LogP contribution < -0.4 is 4.74 Å². The molecule has 1 atom stereocenters. The van der Waals surface area contributed by atoms with Crippen LogP contribution in [-0.4, -0.2) is 30.5 Å². The molecule has 2 rings (SSSR count). The second-order valence-corrected chi connectivity index (χ2v) is 4.98. The summed E-state index contributed by atoms with van der Waals surface area (Å²) in [5, 5.41) is 0. The molecule has 0 aliphatic carbocycles. The lowest BCUT2D eigenvalue weighted by atomic mass is 10.2. The highest BCUT2D eigenvalue weighted by Crippen LogP contribution is 2.25. The zero-order valence-electron chi connectivity index (χ0n) is 9.37. The molecule has 86 valence electrons. The summed E-state index contributed by atoms with van der Waals surface area (Å²) < 4.78 is 6.75. The monoisotopic (exact) mass is 283 g/mol. The van der Waals surface area contributed by atoms with Crippen molar-refractivity contribution in [3.05, 3.63) is 28.2 Å². The first-order chi connectivity index (χ1) is 7.58. The van der Waals surface area contributed by atoms with Crippen LogP contribution >= 0.6 is 15.9 Å². The number of aryl methyl sites for hydroxylation is 1. The third-order valence-electron chi connectivity index (χ3n) is 2.78. The molecule has 1 aromatic carbocycles. The van der Waals surface area contributed by atoms with E-state index in [-0.39, 0.29) is 12.0 Å². The molecular formula is C12H14BrNO2. The van der Waals surface area contributed by atoms with Gasteiger partial charge in [0.25, 0.3) is 5.91 Å². The Morgan fingerprint density at radius 1 is 1.50 bits per heavy atom. The molecule has 1 fully saturated rings. The van der Waals surface area contributed by atoms with E-state index in [9.17, 15) is 4.79 Å². The quantitative estimate of drug-likeness (QED) is 0.834. The fourth-order valence-corrected chi connectivity index (χ4v) is 2.27. The van der Waals surface area contributed by atoms with E-state index in [2.05, 4.69) is 15.9 Å². The van der Waals surface area contributed by atoms with Crippen LogP contribution in [-0.2, 0) is 4.79 Å². The van der Waals surface area contributed by atoms with Gasteiger partial charge < -0.3 is 9.64 Å². The number of likely N-dealkylation sites (N-methyl/N-ethyl adjacent to an activating group) is 1. The van der Waals surface area contributed by atoms with Crippen LogP contribution in [0.15, 0.2) is 22.7 Å². The molecule has 0 bridgehead atoms. The largest absolute Gasteiger partial charge is 0.480 e. The van der Waals surface area contributed by atoms with E-state index in [1.54, 1.807) is 11.9 Å². The highest BCUT2D eigenvalue weighted by molar-refractivity contribution is 9.10. The third-order valence-corrected chi connectivity index (χ3v) is 3.28. The fraction of sp³-hybridized carbons (Fsp3) is 0.417. The number of carbonyl (C=O) groups is 1. The number of ether oxygens (including phenoxy) is 1. The van der Waals surface area contributed by atoms with Crippen molar-refractivity contribution in [2.45, 2.75) is 19.4 Å². The number of amides is 1. The van der Waals surface area contributed by atoms with Crippen molar-refractivity contribution < 1.29 is 9.53 Å². The zero-order chi connectivity index (χ0) is 11.7. The van der Waals surface area contributed by atoms with Crippen LogP contribution in [0.2, 0.25) is 0 Å². The summed E-state index contributed by atoms with van der Waals surface area (Å²) in [6.45, 7) is 2.75.